The average molecular weight is 468 g/mol. The van der Waals surface area contributed by atoms with Gasteiger partial charge in [0.1, 0.15) is 17.9 Å². The van der Waals surface area contributed by atoms with Gasteiger partial charge in [0.25, 0.3) is 0 Å². The van der Waals surface area contributed by atoms with Gasteiger partial charge in [0.05, 0.1) is 35.5 Å². The number of pyridine rings is 1. The lowest BCUT2D eigenvalue weighted by molar-refractivity contribution is 0.0595. The zero-order valence-corrected chi connectivity index (χ0v) is 20.3. The maximum Gasteiger partial charge on any atom is 0.341 e. The molecule has 8 nitrogen and oxygen atoms in total. The molecule has 3 aromatic rings. The van der Waals surface area contributed by atoms with E-state index in [0.29, 0.717) is 47.3 Å². The predicted molar refractivity (Wildman–Crippen MR) is 127 cm³/mol. The third-order valence-corrected chi connectivity index (χ3v) is 5.48. The quantitative estimate of drug-likeness (QED) is 0.406. The van der Waals surface area contributed by atoms with E-state index in [1.807, 2.05) is 25.1 Å². The zero-order chi connectivity index (χ0) is 24.7. The summed E-state index contributed by atoms with van der Waals surface area (Å²) in [4.78, 5) is 16.5. The van der Waals surface area contributed by atoms with E-state index in [1.54, 1.807) is 53.0 Å². The maximum atomic E-state index is 12.5. The van der Waals surface area contributed by atoms with Crippen LogP contribution in [0.1, 0.15) is 32.6 Å². The molecule has 3 rings (SSSR count). The van der Waals surface area contributed by atoms with Gasteiger partial charge in [-0.05, 0) is 42.3 Å². The van der Waals surface area contributed by atoms with Crippen molar-refractivity contribution in [1.29, 1.82) is 0 Å². The first-order valence-electron chi connectivity index (χ1n) is 10.6. The first-order chi connectivity index (χ1) is 16.5. The summed E-state index contributed by atoms with van der Waals surface area (Å²) in [5, 5.41) is 0. The molecule has 0 saturated heterocycles. The number of hydrogen-bond acceptors (Lipinski definition) is 8. The fourth-order valence-corrected chi connectivity index (χ4v) is 3.79. The van der Waals surface area contributed by atoms with Gasteiger partial charge < -0.3 is 28.4 Å². The number of methoxy groups -OCH3 is 5. The van der Waals surface area contributed by atoms with Gasteiger partial charge in [0, 0.05) is 29.9 Å². The molecule has 0 saturated carbocycles. The lowest BCUT2D eigenvalue weighted by atomic mass is 9.96. The van der Waals surface area contributed by atoms with Gasteiger partial charge in [0.15, 0.2) is 11.5 Å². The first kappa shape index (κ1) is 24.7. The second-order valence-corrected chi connectivity index (χ2v) is 7.38. The van der Waals surface area contributed by atoms with Crippen molar-refractivity contribution in [2.24, 2.45) is 0 Å². The van der Waals surface area contributed by atoms with Crippen LogP contribution in [0.2, 0.25) is 0 Å². The Morgan fingerprint density at radius 2 is 1.41 bits per heavy atom. The summed E-state index contributed by atoms with van der Waals surface area (Å²) in [7, 11) is 7.58. The Bertz CT molecular complexity index is 1150. The standard InChI is InChI=1S/C26H29NO7/c1-16-19(23(30-3)25(32-5)24(31-4)22(16)29-2)13-18-7-8-21(20(14-18)26(28)33-6)34-15-17-9-11-27-12-10-17/h7-12,14H,13,15H2,1-6H3. The van der Waals surface area contributed by atoms with Crippen LogP contribution in [-0.4, -0.2) is 46.5 Å². The van der Waals surface area contributed by atoms with Crippen LogP contribution in [-0.2, 0) is 17.8 Å². The number of nitrogens with zero attached hydrogens (tertiary/aromatic N) is 1. The van der Waals surface area contributed by atoms with E-state index in [2.05, 4.69) is 4.98 Å². The van der Waals surface area contributed by atoms with Crippen molar-refractivity contribution in [1.82, 2.24) is 4.98 Å². The molecule has 0 bridgehead atoms. The van der Waals surface area contributed by atoms with E-state index in [0.717, 1.165) is 22.3 Å². The van der Waals surface area contributed by atoms with Crippen molar-refractivity contribution in [2.45, 2.75) is 20.0 Å². The molecule has 0 amide bonds. The minimum atomic E-state index is -0.486. The van der Waals surface area contributed by atoms with E-state index in [1.165, 1.54) is 7.11 Å². The van der Waals surface area contributed by atoms with Gasteiger partial charge in [-0.1, -0.05) is 6.07 Å². The molecular formula is C26H29NO7. The molecule has 0 radical (unpaired) electrons. The molecule has 0 fully saturated rings. The minimum absolute atomic E-state index is 0.297. The molecule has 0 aliphatic rings. The summed E-state index contributed by atoms with van der Waals surface area (Å²) in [5.74, 6) is 1.93. The number of benzene rings is 2. The monoisotopic (exact) mass is 467 g/mol. The molecule has 0 atom stereocenters. The average Bonchev–Trinajstić information content (AvgIpc) is 2.88. The fraction of sp³-hybridized carbons (Fsp3) is 0.308. The summed E-state index contributed by atoms with van der Waals surface area (Å²) >= 11 is 0. The van der Waals surface area contributed by atoms with Gasteiger partial charge in [0.2, 0.25) is 11.5 Å². The second-order valence-electron chi connectivity index (χ2n) is 7.38. The van der Waals surface area contributed by atoms with Crippen molar-refractivity contribution in [3.05, 3.63) is 70.5 Å². The van der Waals surface area contributed by atoms with E-state index in [-0.39, 0.29) is 0 Å². The smallest absolute Gasteiger partial charge is 0.341 e. The molecule has 8 heteroatoms. The first-order valence-corrected chi connectivity index (χ1v) is 10.6. The van der Waals surface area contributed by atoms with Gasteiger partial charge >= 0.3 is 5.97 Å². The number of rotatable bonds is 10. The summed E-state index contributed by atoms with van der Waals surface area (Å²) in [6.07, 6.45) is 3.83. The zero-order valence-electron chi connectivity index (χ0n) is 20.3. The Kier molecular flexibility index (Phi) is 8.19. The summed E-state index contributed by atoms with van der Waals surface area (Å²) < 4.78 is 33.3. The highest BCUT2D eigenvalue weighted by atomic mass is 16.5. The van der Waals surface area contributed by atoms with Crippen molar-refractivity contribution in [3.63, 3.8) is 0 Å². The Morgan fingerprint density at radius 1 is 0.794 bits per heavy atom. The Labute approximate surface area is 199 Å². The van der Waals surface area contributed by atoms with Crippen molar-refractivity contribution < 1.29 is 33.2 Å². The van der Waals surface area contributed by atoms with Gasteiger partial charge in [-0.25, -0.2) is 4.79 Å². The largest absolute Gasteiger partial charge is 0.492 e. The van der Waals surface area contributed by atoms with Crippen molar-refractivity contribution >= 4 is 5.97 Å². The molecule has 0 spiro atoms. The van der Waals surface area contributed by atoms with Crippen LogP contribution in [0.5, 0.6) is 28.7 Å². The number of esters is 1. The number of hydrogen-bond donors (Lipinski definition) is 0. The summed E-state index contributed by atoms with van der Waals surface area (Å²) in [6.45, 7) is 2.22. The maximum absolute atomic E-state index is 12.5. The number of ether oxygens (including phenoxy) is 6. The van der Waals surface area contributed by atoms with Crippen molar-refractivity contribution in [3.8, 4) is 28.7 Å². The second kappa shape index (κ2) is 11.3. The lowest BCUT2D eigenvalue weighted by Crippen LogP contribution is -2.08. The molecule has 1 aromatic heterocycles. The number of aromatic nitrogens is 1. The highest BCUT2D eigenvalue weighted by Crippen LogP contribution is 2.49. The Balaban J connectivity index is 2.02. The summed E-state index contributed by atoms with van der Waals surface area (Å²) in [5.41, 5.74) is 3.81. The van der Waals surface area contributed by atoms with Gasteiger partial charge in [-0.2, -0.15) is 0 Å². The third kappa shape index (κ3) is 5.01. The van der Waals surface area contributed by atoms with E-state index >= 15 is 0 Å². The SMILES string of the molecule is COC(=O)c1cc(Cc2c(C)c(OC)c(OC)c(OC)c2OC)ccc1OCc1ccncc1. The molecule has 34 heavy (non-hydrogen) atoms. The third-order valence-electron chi connectivity index (χ3n) is 5.48. The Hall–Kier alpha value is -3.94. The molecule has 0 aliphatic heterocycles. The number of carbonyl (C=O) groups is 1. The van der Waals surface area contributed by atoms with Crippen LogP contribution < -0.4 is 23.7 Å². The molecule has 0 N–H and O–H groups in total. The molecule has 0 aliphatic carbocycles. The Morgan fingerprint density at radius 3 is 2.00 bits per heavy atom. The van der Waals surface area contributed by atoms with Crippen LogP contribution in [0, 0.1) is 6.92 Å². The molecule has 1 heterocycles. The van der Waals surface area contributed by atoms with E-state index in [9.17, 15) is 4.79 Å². The van der Waals surface area contributed by atoms with E-state index in [4.69, 9.17) is 28.4 Å². The van der Waals surface area contributed by atoms with E-state index < -0.39 is 5.97 Å². The summed E-state index contributed by atoms with van der Waals surface area (Å²) in [6, 6.07) is 9.13. The predicted octanol–water partition coefficient (Wildman–Crippen LogP) is 4.38. The normalized spacial score (nSPS) is 10.4. The highest BCUT2D eigenvalue weighted by Gasteiger charge is 2.26. The lowest BCUT2D eigenvalue weighted by Gasteiger charge is -2.22. The van der Waals surface area contributed by atoms with Crippen molar-refractivity contribution in [2.75, 3.05) is 35.5 Å². The molecular weight excluding hydrogens is 438 g/mol. The topological polar surface area (TPSA) is 85.3 Å². The van der Waals surface area contributed by atoms with Crippen LogP contribution >= 0.6 is 0 Å². The fourth-order valence-electron chi connectivity index (χ4n) is 3.79. The van der Waals surface area contributed by atoms with Crippen LogP contribution in [0.3, 0.4) is 0 Å². The molecule has 180 valence electrons. The minimum Gasteiger partial charge on any atom is -0.492 e. The van der Waals surface area contributed by atoms with Crippen LogP contribution in [0.15, 0.2) is 42.7 Å². The van der Waals surface area contributed by atoms with Crippen LogP contribution in [0.4, 0.5) is 0 Å². The highest BCUT2D eigenvalue weighted by molar-refractivity contribution is 5.92. The van der Waals surface area contributed by atoms with Gasteiger partial charge in [-0.15, -0.1) is 0 Å². The molecule has 0 unspecified atom stereocenters. The van der Waals surface area contributed by atoms with Gasteiger partial charge in [-0.3, -0.25) is 4.98 Å². The molecule has 2 aromatic carbocycles. The van der Waals surface area contributed by atoms with Crippen LogP contribution in [0.25, 0.3) is 0 Å². The number of carbonyl (C=O) groups excluding carboxylic acids is 1.